The Hall–Kier alpha value is -0.150. The summed E-state index contributed by atoms with van der Waals surface area (Å²) in [5.41, 5.74) is 0. The predicted octanol–water partition coefficient (Wildman–Crippen LogP) is 1.63. The number of hydrogen-bond acceptors (Lipinski definition) is 1. The molecule has 1 aliphatic heterocycles. The van der Waals surface area contributed by atoms with Crippen molar-refractivity contribution in [2.24, 2.45) is 0 Å². The lowest BCUT2D eigenvalue weighted by Gasteiger charge is -2.22. The molecule has 1 heterocycles. The van der Waals surface area contributed by atoms with Crippen LogP contribution in [0.15, 0.2) is 0 Å². The summed E-state index contributed by atoms with van der Waals surface area (Å²) in [5, 5.41) is 10.3. The smallest absolute Gasteiger partial charge is 0.0909 e. The Labute approximate surface area is 73.4 Å². The monoisotopic (exact) mass is 174 g/mol. The summed E-state index contributed by atoms with van der Waals surface area (Å²) >= 11 is 0. The zero-order valence-electron chi connectivity index (χ0n) is 7.47. The van der Waals surface area contributed by atoms with E-state index in [1.54, 1.807) is 0 Å². The molecule has 2 nitrogen and oxygen atoms in total. The van der Waals surface area contributed by atoms with Gasteiger partial charge in [-0.2, -0.15) is 0 Å². The van der Waals surface area contributed by atoms with Crippen LogP contribution < -0.4 is 0 Å². The molecule has 0 aromatic heterocycles. The molecule has 0 bridgehead atoms. The van der Waals surface area contributed by atoms with Gasteiger partial charge in [-0.15, -0.1) is 0 Å². The normalized spacial score (nSPS) is 25.0. The topological polar surface area (TPSA) is 23.1 Å². The largest absolute Gasteiger partial charge is 0.300 e. The molecule has 0 N–H and O–H groups in total. The van der Waals surface area contributed by atoms with Crippen molar-refractivity contribution in [1.82, 2.24) is 4.90 Å². The summed E-state index contributed by atoms with van der Waals surface area (Å²) in [5.74, 6) is 0. The molecular formula is C9H17FNO. The molecule has 1 unspecified atom stereocenters. The minimum Gasteiger partial charge on any atom is -0.300 e. The summed E-state index contributed by atoms with van der Waals surface area (Å²) < 4.78 is 12.1. The van der Waals surface area contributed by atoms with Crippen LogP contribution in [0.5, 0.6) is 0 Å². The van der Waals surface area contributed by atoms with Gasteiger partial charge in [-0.25, -0.2) is 5.11 Å². The van der Waals surface area contributed by atoms with Gasteiger partial charge in [0.15, 0.2) is 0 Å². The lowest BCUT2D eigenvalue weighted by Crippen LogP contribution is -2.31. The van der Waals surface area contributed by atoms with E-state index >= 15 is 0 Å². The van der Waals surface area contributed by atoms with Gasteiger partial charge in [-0.3, -0.25) is 4.39 Å². The van der Waals surface area contributed by atoms with Crippen LogP contribution in [0.4, 0.5) is 4.39 Å². The van der Waals surface area contributed by atoms with Crippen molar-refractivity contribution in [3.63, 3.8) is 0 Å². The van der Waals surface area contributed by atoms with E-state index in [-0.39, 0.29) is 13.3 Å². The van der Waals surface area contributed by atoms with E-state index in [4.69, 9.17) is 0 Å². The highest BCUT2D eigenvalue weighted by Crippen LogP contribution is 2.19. The van der Waals surface area contributed by atoms with Crippen molar-refractivity contribution in [2.75, 3.05) is 26.4 Å². The predicted molar refractivity (Wildman–Crippen MR) is 45.4 cm³/mol. The first-order valence-corrected chi connectivity index (χ1v) is 4.76. The fraction of sp³-hybridized carbons (Fsp3) is 1.00. The van der Waals surface area contributed by atoms with Crippen LogP contribution in [0.3, 0.4) is 0 Å². The second-order valence-electron chi connectivity index (χ2n) is 3.37. The van der Waals surface area contributed by atoms with E-state index in [0.29, 0.717) is 18.9 Å². The van der Waals surface area contributed by atoms with E-state index in [9.17, 15) is 9.50 Å². The highest BCUT2D eigenvalue weighted by atomic mass is 19.1. The summed E-state index contributed by atoms with van der Waals surface area (Å²) in [7, 11) is 0. The maximum atomic E-state index is 12.1. The molecule has 1 atom stereocenters. The minimum absolute atomic E-state index is 0.00115. The van der Waals surface area contributed by atoms with Gasteiger partial charge in [0.2, 0.25) is 0 Å². The first kappa shape index (κ1) is 9.93. The third-order valence-electron chi connectivity index (χ3n) is 2.53. The summed E-state index contributed by atoms with van der Waals surface area (Å²) in [6.45, 7) is 1.70. The number of alkyl halides is 1. The molecule has 1 radical (unpaired) electrons. The van der Waals surface area contributed by atoms with Gasteiger partial charge < -0.3 is 4.90 Å². The molecule has 0 saturated carbocycles. The summed E-state index contributed by atoms with van der Waals surface area (Å²) in [6.07, 6.45) is 3.65. The molecule has 3 heteroatoms. The van der Waals surface area contributed by atoms with Gasteiger partial charge in [0.05, 0.1) is 13.3 Å². The Bertz CT molecular complexity index is 121. The maximum absolute atomic E-state index is 12.1. The molecular weight excluding hydrogens is 157 g/mol. The summed E-state index contributed by atoms with van der Waals surface area (Å²) in [6, 6.07) is 0.418. The Morgan fingerprint density at radius 3 is 3.00 bits per heavy atom. The molecule has 1 rings (SSSR count). The van der Waals surface area contributed by atoms with E-state index in [0.717, 1.165) is 19.5 Å². The van der Waals surface area contributed by atoms with Gasteiger partial charge >= 0.3 is 0 Å². The molecule has 0 aromatic carbocycles. The van der Waals surface area contributed by atoms with Crippen LogP contribution in [0.2, 0.25) is 0 Å². The second-order valence-corrected chi connectivity index (χ2v) is 3.37. The Morgan fingerprint density at radius 1 is 1.50 bits per heavy atom. The Morgan fingerprint density at radius 2 is 2.33 bits per heavy atom. The molecule has 0 amide bonds. The van der Waals surface area contributed by atoms with Crippen molar-refractivity contribution in [3.05, 3.63) is 0 Å². The van der Waals surface area contributed by atoms with Gasteiger partial charge in [0.25, 0.3) is 0 Å². The maximum Gasteiger partial charge on any atom is 0.0909 e. The SMILES string of the molecule is [O]CCCN1CCCC1CCF. The molecule has 1 saturated heterocycles. The van der Waals surface area contributed by atoms with Crippen LogP contribution in [0, 0.1) is 0 Å². The fourth-order valence-corrected chi connectivity index (χ4v) is 1.91. The van der Waals surface area contributed by atoms with Crippen LogP contribution in [0.25, 0.3) is 0 Å². The quantitative estimate of drug-likeness (QED) is 0.621. The Kier molecular flexibility index (Phi) is 4.54. The molecule has 0 spiro atoms. The average Bonchev–Trinajstić information content (AvgIpc) is 2.50. The zero-order chi connectivity index (χ0) is 8.81. The highest BCUT2D eigenvalue weighted by molar-refractivity contribution is 4.78. The molecule has 1 fully saturated rings. The van der Waals surface area contributed by atoms with Gasteiger partial charge in [-0.1, -0.05) is 0 Å². The molecule has 12 heavy (non-hydrogen) atoms. The summed E-state index contributed by atoms with van der Waals surface area (Å²) in [4.78, 5) is 2.26. The molecule has 1 aliphatic rings. The standard InChI is InChI=1S/C9H17FNO/c10-5-4-9-3-1-6-11(9)7-2-8-12/h9H,1-8H2. The zero-order valence-corrected chi connectivity index (χ0v) is 7.47. The molecule has 0 aliphatic carbocycles. The van der Waals surface area contributed by atoms with Crippen molar-refractivity contribution in [1.29, 1.82) is 0 Å². The van der Waals surface area contributed by atoms with E-state index in [1.165, 1.54) is 6.42 Å². The van der Waals surface area contributed by atoms with Crippen molar-refractivity contribution in [3.8, 4) is 0 Å². The lowest BCUT2D eigenvalue weighted by molar-refractivity contribution is 0.156. The van der Waals surface area contributed by atoms with Gasteiger partial charge in [-0.05, 0) is 32.2 Å². The van der Waals surface area contributed by atoms with Crippen LogP contribution in [-0.2, 0) is 5.11 Å². The molecule has 71 valence electrons. The van der Waals surface area contributed by atoms with Crippen LogP contribution in [0.1, 0.15) is 25.7 Å². The first-order chi connectivity index (χ1) is 5.88. The minimum atomic E-state index is -0.224. The number of rotatable bonds is 5. The van der Waals surface area contributed by atoms with Crippen LogP contribution in [-0.4, -0.2) is 37.3 Å². The van der Waals surface area contributed by atoms with E-state index in [2.05, 4.69) is 4.90 Å². The van der Waals surface area contributed by atoms with Crippen molar-refractivity contribution < 1.29 is 9.50 Å². The number of hydrogen-bond donors (Lipinski definition) is 0. The third kappa shape index (κ3) is 2.72. The van der Waals surface area contributed by atoms with Gasteiger partial charge in [0, 0.05) is 12.6 Å². The van der Waals surface area contributed by atoms with Gasteiger partial charge in [0.1, 0.15) is 0 Å². The van der Waals surface area contributed by atoms with E-state index < -0.39 is 0 Å². The molecule has 0 aromatic rings. The highest BCUT2D eigenvalue weighted by Gasteiger charge is 2.22. The van der Waals surface area contributed by atoms with Crippen molar-refractivity contribution in [2.45, 2.75) is 31.7 Å². The number of halogens is 1. The number of likely N-dealkylation sites (tertiary alicyclic amines) is 1. The first-order valence-electron chi connectivity index (χ1n) is 4.76. The lowest BCUT2D eigenvalue weighted by atomic mass is 10.1. The van der Waals surface area contributed by atoms with Crippen LogP contribution >= 0.6 is 0 Å². The second kappa shape index (κ2) is 5.49. The average molecular weight is 174 g/mol. The Balaban J connectivity index is 2.20. The third-order valence-corrected chi connectivity index (χ3v) is 2.53. The number of nitrogens with zero attached hydrogens (tertiary/aromatic N) is 1. The fourth-order valence-electron chi connectivity index (χ4n) is 1.91. The van der Waals surface area contributed by atoms with E-state index in [1.807, 2.05) is 0 Å². The van der Waals surface area contributed by atoms with Crippen molar-refractivity contribution >= 4 is 0 Å².